The van der Waals surface area contributed by atoms with Gasteiger partial charge >= 0.3 is 0 Å². The van der Waals surface area contributed by atoms with E-state index in [0.717, 1.165) is 22.9 Å². The Morgan fingerprint density at radius 3 is 2.52 bits per heavy atom. The first kappa shape index (κ1) is 22.7. The number of aromatic amines is 1. The molecule has 0 aliphatic carbocycles. The van der Waals surface area contributed by atoms with Crippen LogP contribution in [0.25, 0.3) is 10.9 Å². The van der Waals surface area contributed by atoms with Crippen molar-refractivity contribution < 1.29 is 9.18 Å². The van der Waals surface area contributed by atoms with Crippen molar-refractivity contribution in [2.24, 2.45) is 4.99 Å². The van der Waals surface area contributed by atoms with E-state index in [1.54, 1.807) is 31.3 Å². The molecule has 0 aliphatic heterocycles. The minimum atomic E-state index is -0.240. The number of H-pyrrole nitrogens is 1. The third-order valence-electron chi connectivity index (χ3n) is 4.38. The Balaban J connectivity index is 0.00000300. The summed E-state index contributed by atoms with van der Waals surface area (Å²) in [4.78, 5) is 19.3. The fraction of sp³-hybridized carbons (Fsp3) is 0.238. The zero-order valence-electron chi connectivity index (χ0n) is 16.2. The van der Waals surface area contributed by atoms with Gasteiger partial charge in [-0.1, -0.05) is 18.2 Å². The molecule has 0 spiro atoms. The molecule has 0 radical (unpaired) electrons. The number of halogens is 2. The number of carbonyl (C=O) groups is 1. The lowest BCUT2D eigenvalue weighted by atomic mass is 10.1. The van der Waals surface area contributed by atoms with Crippen LogP contribution in [0.2, 0.25) is 0 Å². The Kier molecular flexibility index (Phi) is 8.91. The number of hydrogen-bond donors (Lipinski definition) is 4. The summed E-state index contributed by atoms with van der Waals surface area (Å²) in [5.41, 5.74) is 2.61. The predicted octanol–water partition coefficient (Wildman–Crippen LogP) is 3.06. The number of amides is 1. The number of nitrogens with one attached hydrogen (secondary N) is 4. The molecule has 0 unspecified atom stereocenters. The van der Waals surface area contributed by atoms with E-state index < -0.39 is 0 Å². The van der Waals surface area contributed by atoms with Gasteiger partial charge in [-0.2, -0.15) is 0 Å². The quantitative estimate of drug-likeness (QED) is 0.171. The maximum Gasteiger partial charge on any atom is 0.251 e. The zero-order chi connectivity index (χ0) is 19.8. The highest BCUT2D eigenvalue weighted by molar-refractivity contribution is 14.0. The molecule has 1 heterocycles. The van der Waals surface area contributed by atoms with Crippen LogP contribution in [-0.2, 0) is 6.42 Å². The summed E-state index contributed by atoms with van der Waals surface area (Å²) in [6.07, 6.45) is 2.63. The lowest BCUT2D eigenvalue weighted by Crippen LogP contribution is -2.42. The Morgan fingerprint density at radius 2 is 1.76 bits per heavy atom. The van der Waals surface area contributed by atoms with Crippen LogP contribution in [-0.4, -0.2) is 43.5 Å². The normalized spacial score (nSPS) is 11.0. The van der Waals surface area contributed by atoms with Crippen molar-refractivity contribution in [2.45, 2.75) is 6.42 Å². The van der Waals surface area contributed by atoms with E-state index in [2.05, 4.69) is 25.9 Å². The van der Waals surface area contributed by atoms with Crippen molar-refractivity contribution in [3.63, 3.8) is 0 Å². The van der Waals surface area contributed by atoms with E-state index >= 15 is 0 Å². The van der Waals surface area contributed by atoms with Crippen LogP contribution in [0.3, 0.4) is 0 Å². The molecule has 4 N–H and O–H groups in total. The summed E-state index contributed by atoms with van der Waals surface area (Å²) < 4.78 is 13.4. The van der Waals surface area contributed by atoms with E-state index in [9.17, 15) is 9.18 Å². The van der Waals surface area contributed by atoms with Crippen molar-refractivity contribution in [3.8, 4) is 0 Å². The fourth-order valence-electron chi connectivity index (χ4n) is 2.94. The van der Waals surface area contributed by atoms with Gasteiger partial charge in [0.05, 0.1) is 0 Å². The van der Waals surface area contributed by atoms with E-state index in [1.807, 2.05) is 24.4 Å². The summed E-state index contributed by atoms with van der Waals surface area (Å²) in [5, 5.41) is 10.1. The van der Waals surface area contributed by atoms with Crippen LogP contribution in [0.15, 0.2) is 59.7 Å². The number of rotatable bonds is 7. The lowest BCUT2D eigenvalue weighted by Gasteiger charge is -2.12. The highest BCUT2D eigenvalue weighted by atomic mass is 127. The summed E-state index contributed by atoms with van der Waals surface area (Å²) in [7, 11) is 1.69. The van der Waals surface area contributed by atoms with Crippen molar-refractivity contribution in [3.05, 3.63) is 71.7 Å². The van der Waals surface area contributed by atoms with Gasteiger partial charge in [-0.3, -0.25) is 9.79 Å². The van der Waals surface area contributed by atoms with Crippen LogP contribution in [0.1, 0.15) is 15.9 Å². The molecule has 0 aliphatic rings. The van der Waals surface area contributed by atoms with Gasteiger partial charge in [-0.25, -0.2) is 4.39 Å². The number of carbonyl (C=O) groups excluding carboxylic acids is 1. The smallest absolute Gasteiger partial charge is 0.251 e. The fourth-order valence-corrected chi connectivity index (χ4v) is 2.94. The maximum atomic E-state index is 13.4. The summed E-state index contributed by atoms with van der Waals surface area (Å²) in [6, 6.07) is 13.8. The topological polar surface area (TPSA) is 81.3 Å². The third kappa shape index (κ3) is 6.45. The number of guanidine groups is 1. The molecule has 6 nitrogen and oxygen atoms in total. The van der Waals surface area contributed by atoms with Crippen LogP contribution < -0.4 is 16.0 Å². The standard InChI is InChI=1S/C21H24FN5O.HI/c1-23-21(26-12-11-24-20(28)15-5-3-2-4-6-15)25-10-9-16-14-27-19-8-7-17(22)13-18(16)19;/h2-8,13-14,27H,9-12H2,1H3,(H,24,28)(H2,23,25,26);1H. The molecule has 0 fully saturated rings. The Morgan fingerprint density at radius 1 is 1.03 bits per heavy atom. The van der Waals surface area contributed by atoms with Gasteiger partial charge in [0.25, 0.3) is 5.91 Å². The second-order valence-electron chi connectivity index (χ2n) is 6.30. The number of nitrogens with zero attached hydrogens (tertiary/aromatic N) is 1. The largest absolute Gasteiger partial charge is 0.361 e. The molecule has 0 atom stereocenters. The molecule has 29 heavy (non-hydrogen) atoms. The average Bonchev–Trinajstić information content (AvgIpc) is 3.12. The van der Waals surface area contributed by atoms with Crippen molar-refractivity contribution in [1.82, 2.24) is 20.9 Å². The Hall–Kier alpha value is -2.62. The first-order valence-electron chi connectivity index (χ1n) is 9.20. The van der Waals surface area contributed by atoms with Gasteiger partial charge in [0.2, 0.25) is 0 Å². The molecule has 0 bridgehead atoms. The van der Waals surface area contributed by atoms with E-state index in [0.29, 0.717) is 31.2 Å². The van der Waals surface area contributed by atoms with E-state index in [4.69, 9.17) is 0 Å². The lowest BCUT2D eigenvalue weighted by molar-refractivity contribution is 0.0954. The highest BCUT2D eigenvalue weighted by Gasteiger charge is 2.06. The summed E-state index contributed by atoms with van der Waals surface area (Å²) in [6.45, 7) is 1.69. The van der Waals surface area contributed by atoms with Gasteiger partial charge in [0, 0.05) is 49.3 Å². The molecule has 1 amide bonds. The number of aliphatic imine (C=N–C) groups is 1. The SMILES string of the molecule is CN=C(NCCNC(=O)c1ccccc1)NCCc1c[nH]c2ccc(F)cc12.I. The van der Waals surface area contributed by atoms with Crippen LogP contribution in [0, 0.1) is 5.82 Å². The minimum absolute atomic E-state index is 0. The second kappa shape index (κ2) is 11.4. The Bertz CT molecular complexity index is 958. The van der Waals surface area contributed by atoms with E-state index in [-0.39, 0.29) is 35.7 Å². The zero-order valence-corrected chi connectivity index (χ0v) is 18.5. The molecular formula is C21H25FIN5O. The minimum Gasteiger partial charge on any atom is -0.361 e. The number of aromatic nitrogens is 1. The molecule has 8 heteroatoms. The van der Waals surface area contributed by atoms with Crippen LogP contribution in [0.4, 0.5) is 4.39 Å². The molecule has 154 valence electrons. The summed E-state index contributed by atoms with van der Waals surface area (Å²) >= 11 is 0. The second-order valence-corrected chi connectivity index (χ2v) is 6.30. The van der Waals surface area contributed by atoms with Gasteiger partial charge in [0.1, 0.15) is 5.82 Å². The van der Waals surface area contributed by atoms with Gasteiger partial charge < -0.3 is 20.9 Å². The van der Waals surface area contributed by atoms with E-state index in [1.165, 1.54) is 6.07 Å². The predicted molar refractivity (Wildman–Crippen MR) is 126 cm³/mol. The molecule has 3 aromatic rings. The monoisotopic (exact) mass is 509 g/mol. The van der Waals surface area contributed by atoms with Crippen molar-refractivity contribution >= 4 is 46.7 Å². The first-order chi connectivity index (χ1) is 13.7. The molecule has 0 saturated carbocycles. The Labute approximate surface area is 186 Å². The van der Waals surface area contributed by atoms with Gasteiger partial charge in [-0.05, 0) is 42.3 Å². The average molecular weight is 509 g/mol. The van der Waals surface area contributed by atoms with Crippen LogP contribution >= 0.6 is 24.0 Å². The number of hydrogen-bond acceptors (Lipinski definition) is 2. The van der Waals surface area contributed by atoms with Gasteiger partial charge in [-0.15, -0.1) is 24.0 Å². The third-order valence-corrected chi connectivity index (χ3v) is 4.38. The molecule has 0 saturated heterocycles. The van der Waals surface area contributed by atoms with Crippen molar-refractivity contribution in [1.29, 1.82) is 0 Å². The van der Waals surface area contributed by atoms with Crippen LogP contribution in [0.5, 0.6) is 0 Å². The number of benzene rings is 2. The maximum absolute atomic E-state index is 13.4. The molecular weight excluding hydrogens is 484 g/mol. The number of fused-ring (bicyclic) bond motifs is 1. The first-order valence-corrected chi connectivity index (χ1v) is 9.20. The molecule has 1 aromatic heterocycles. The summed E-state index contributed by atoms with van der Waals surface area (Å²) in [5.74, 6) is 0.313. The van der Waals surface area contributed by atoms with Gasteiger partial charge in [0.15, 0.2) is 5.96 Å². The highest BCUT2D eigenvalue weighted by Crippen LogP contribution is 2.19. The molecule has 2 aromatic carbocycles. The van der Waals surface area contributed by atoms with Crippen molar-refractivity contribution in [2.75, 3.05) is 26.7 Å². The molecule has 3 rings (SSSR count).